The molecule has 0 bridgehead atoms. The molecule has 4 aromatic rings. The molecule has 12 heteroatoms. The molecule has 55 heavy (non-hydrogen) atoms. The molecule has 0 radical (unpaired) electrons. The third-order valence-corrected chi connectivity index (χ3v) is 13.6. The maximum Gasteiger partial charge on any atom is 0.264 e. The SMILES string of the molecule is COc1ccc2c(c1)[C@@]1(O[C@H](CC(=O)N(CCO)Cc3ccccc3)[C@@H]([Si](C)(C)F)[C@@H]1C)C(=O)N2Cc1ccc(N2N=C(c3ccccc3)CCC2=O)cc1. The van der Waals surface area contributed by atoms with Gasteiger partial charge in [0, 0.05) is 43.0 Å². The monoisotopic (exact) mass is 762 g/mol. The van der Waals surface area contributed by atoms with E-state index in [1.165, 1.54) is 5.01 Å². The predicted octanol–water partition coefficient (Wildman–Crippen LogP) is 6.96. The Bertz CT molecular complexity index is 2080. The maximum absolute atomic E-state index is 16.5. The van der Waals surface area contributed by atoms with Gasteiger partial charge in [-0.3, -0.25) is 14.4 Å². The number of rotatable bonds is 12. The number of carbonyl (C=O) groups excluding carboxylic acids is 3. The maximum atomic E-state index is 16.5. The van der Waals surface area contributed by atoms with E-state index in [2.05, 4.69) is 5.10 Å². The first-order valence-electron chi connectivity index (χ1n) is 18.8. The van der Waals surface area contributed by atoms with Crippen molar-refractivity contribution in [2.75, 3.05) is 30.2 Å². The van der Waals surface area contributed by atoms with Crippen LogP contribution < -0.4 is 14.6 Å². The predicted molar refractivity (Wildman–Crippen MR) is 212 cm³/mol. The number of fused-ring (bicyclic) bond motifs is 2. The largest absolute Gasteiger partial charge is 0.497 e. The molecule has 3 heterocycles. The van der Waals surface area contributed by atoms with Crippen LogP contribution in [0.4, 0.5) is 15.5 Å². The lowest BCUT2D eigenvalue weighted by molar-refractivity contribution is -0.150. The van der Waals surface area contributed by atoms with Gasteiger partial charge in [0.15, 0.2) is 5.60 Å². The van der Waals surface area contributed by atoms with Crippen LogP contribution in [0.1, 0.15) is 48.4 Å². The van der Waals surface area contributed by atoms with Crippen molar-refractivity contribution in [3.8, 4) is 5.75 Å². The van der Waals surface area contributed by atoms with Crippen LogP contribution in [0.15, 0.2) is 108 Å². The fourth-order valence-corrected chi connectivity index (χ4v) is 11.0. The van der Waals surface area contributed by atoms with Crippen molar-refractivity contribution in [3.63, 3.8) is 0 Å². The summed E-state index contributed by atoms with van der Waals surface area (Å²) in [6.07, 6.45) is -0.108. The molecule has 4 atom stereocenters. The topological polar surface area (TPSA) is 112 Å². The van der Waals surface area contributed by atoms with Crippen molar-refractivity contribution in [1.29, 1.82) is 0 Å². The summed E-state index contributed by atoms with van der Waals surface area (Å²) in [4.78, 5) is 45.1. The Balaban J connectivity index is 1.18. The molecule has 1 fully saturated rings. The molecule has 286 valence electrons. The van der Waals surface area contributed by atoms with Crippen molar-refractivity contribution < 1.29 is 33.1 Å². The van der Waals surface area contributed by atoms with Crippen molar-refractivity contribution in [3.05, 3.63) is 125 Å². The van der Waals surface area contributed by atoms with E-state index in [9.17, 15) is 19.5 Å². The van der Waals surface area contributed by atoms with Gasteiger partial charge >= 0.3 is 0 Å². The number of aliphatic hydroxyl groups excluding tert-OH is 1. The summed E-state index contributed by atoms with van der Waals surface area (Å²) in [6, 6.07) is 32.1. The molecule has 1 spiro atoms. The van der Waals surface area contributed by atoms with Crippen molar-refractivity contribution in [2.45, 2.75) is 69.6 Å². The van der Waals surface area contributed by atoms with Gasteiger partial charge in [-0.15, -0.1) is 0 Å². The Labute approximate surface area is 322 Å². The van der Waals surface area contributed by atoms with Gasteiger partial charge in [-0.1, -0.05) is 79.7 Å². The number of halogens is 1. The Morgan fingerprint density at radius 2 is 1.67 bits per heavy atom. The lowest BCUT2D eigenvalue weighted by Gasteiger charge is -2.31. The number of methoxy groups -OCH3 is 1. The summed E-state index contributed by atoms with van der Waals surface area (Å²) in [7, 11) is -2.00. The molecule has 4 aromatic carbocycles. The zero-order valence-corrected chi connectivity index (χ0v) is 32.7. The third-order valence-electron chi connectivity index (χ3n) is 11.1. The molecular weight excluding hydrogens is 716 g/mol. The zero-order valence-electron chi connectivity index (χ0n) is 31.7. The highest BCUT2D eigenvalue weighted by Crippen LogP contribution is 2.60. The Hall–Kier alpha value is -5.17. The number of nitrogens with zero attached hydrogens (tertiary/aromatic N) is 4. The first-order chi connectivity index (χ1) is 26.4. The Morgan fingerprint density at radius 3 is 2.33 bits per heavy atom. The number of benzene rings is 4. The van der Waals surface area contributed by atoms with Gasteiger partial charge in [-0.25, -0.2) is 5.01 Å². The second kappa shape index (κ2) is 15.5. The van der Waals surface area contributed by atoms with Crippen LogP contribution >= 0.6 is 0 Å². The van der Waals surface area contributed by atoms with Crippen LogP contribution in [0, 0.1) is 5.92 Å². The minimum absolute atomic E-state index is 0.0965. The molecule has 3 aliphatic heterocycles. The van der Waals surface area contributed by atoms with Crippen LogP contribution in [-0.4, -0.2) is 68.2 Å². The van der Waals surface area contributed by atoms with E-state index in [1.54, 1.807) is 42.1 Å². The molecule has 1 saturated heterocycles. The van der Waals surface area contributed by atoms with Crippen LogP contribution in [0.3, 0.4) is 0 Å². The number of carbonyl (C=O) groups is 3. The molecule has 3 aliphatic rings. The summed E-state index contributed by atoms with van der Waals surface area (Å²) in [5, 5.41) is 16.0. The fourth-order valence-electron chi connectivity index (χ4n) is 8.55. The van der Waals surface area contributed by atoms with Crippen LogP contribution in [0.5, 0.6) is 5.75 Å². The number of anilines is 2. The number of aliphatic hydroxyl groups is 1. The van der Waals surface area contributed by atoms with Gasteiger partial charge in [0.25, 0.3) is 5.91 Å². The Morgan fingerprint density at radius 1 is 0.982 bits per heavy atom. The van der Waals surface area contributed by atoms with E-state index in [1.807, 2.05) is 97.9 Å². The van der Waals surface area contributed by atoms with E-state index in [0.717, 1.165) is 22.4 Å². The first kappa shape index (κ1) is 38.1. The highest BCUT2D eigenvalue weighted by Gasteiger charge is 2.67. The number of amides is 3. The normalized spacial score (nSPS) is 22.2. The average molecular weight is 763 g/mol. The summed E-state index contributed by atoms with van der Waals surface area (Å²) in [5.41, 5.74) is 3.11. The smallest absolute Gasteiger partial charge is 0.264 e. The van der Waals surface area contributed by atoms with Crippen LogP contribution in [0.25, 0.3) is 0 Å². The minimum atomic E-state index is -3.55. The molecular formula is C43H47FN4O6Si. The molecule has 0 unspecified atom stereocenters. The van der Waals surface area contributed by atoms with Crippen LogP contribution in [-0.2, 0) is 37.8 Å². The fraction of sp³-hybridized carbons (Fsp3) is 0.349. The zero-order chi connectivity index (χ0) is 38.9. The molecule has 7 rings (SSSR count). The summed E-state index contributed by atoms with van der Waals surface area (Å²) in [6.45, 7) is 5.43. The van der Waals surface area contributed by atoms with E-state index < -0.39 is 31.6 Å². The molecule has 3 amide bonds. The highest BCUT2D eigenvalue weighted by molar-refractivity contribution is 6.72. The second-order valence-electron chi connectivity index (χ2n) is 15.1. The number of hydrogen-bond acceptors (Lipinski definition) is 7. The number of hydrazone groups is 1. The lowest BCUT2D eigenvalue weighted by atomic mass is 9.82. The molecule has 1 N–H and O–H groups in total. The van der Waals surface area contributed by atoms with Gasteiger partial charge in [0.2, 0.25) is 20.2 Å². The average Bonchev–Trinajstić information content (AvgIpc) is 3.61. The van der Waals surface area contributed by atoms with E-state index in [-0.39, 0.29) is 50.4 Å². The van der Waals surface area contributed by atoms with Gasteiger partial charge < -0.3 is 28.5 Å². The first-order valence-corrected chi connectivity index (χ1v) is 21.7. The lowest BCUT2D eigenvalue weighted by Crippen LogP contribution is -2.45. The second-order valence-corrected chi connectivity index (χ2v) is 18.9. The minimum Gasteiger partial charge on any atom is -0.497 e. The van der Waals surface area contributed by atoms with E-state index >= 15 is 4.11 Å². The third kappa shape index (κ3) is 7.33. The Kier molecular flexibility index (Phi) is 10.8. The van der Waals surface area contributed by atoms with Gasteiger partial charge in [0.05, 0.1) is 49.9 Å². The van der Waals surface area contributed by atoms with E-state index in [4.69, 9.17) is 9.47 Å². The summed E-state index contributed by atoms with van der Waals surface area (Å²) >= 11 is 0. The number of ether oxygens (including phenoxy) is 2. The number of hydrogen-bond donors (Lipinski definition) is 1. The van der Waals surface area contributed by atoms with Crippen molar-refractivity contribution in [1.82, 2.24) is 4.90 Å². The quantitative estimate of drug-likeness (QED) is 0.124. The van der Waals surface area contributed by atoms with Gasteiger partial charge in [0.1, 0.15) is 5.75 Å². The van der Waals surface area contributed by atoms with Crippen LogP contribution in [0.2, 0.25) is 18.6 Å². The molecule has 0 aromatic heterocycles. The standard InChI is InChI=1S/C43H47FN4O6Si/c1-29-41(55(3,4)44)38(26-40(51)46(23-24-49)27-30-11-7-5-8-12-30)54-43(29)35-25-34(53-2)19-21-37(35)47(42(43)52)28-31-15-17-33(18-16-31)48-39(50)22-20-36(45-48)32-13-9-6-10-14-32/h5-19,21,25,29,38,41,49H,20,22-24,26-28H2,1-4H3/t29-,38+,41-,43+/m0/s1. The summed E-state index contributed by atoms with van der Waals surface area (Å²) < 4.78 is 29.0. The molecule has 0 aliphatic carbocycles. The summed E-state index contributed by atoms with van der Waals surface area (Å²) in [5.74, 6) is -0.786. The van der Waals surface area contributed by atoms with Gasteiger partial charge in [-0.2, -0.15) is 5.10 Å². The molecule has 0 saturated carbocycles. The highest BCUT2D eigenvalue weighted by atomic mass is 28.4. The van der Waals surface area contributed by atoms with Gasteiger partial charge in [-0.05, 0) is 60.1 Å². The molecule has 10 nitrogen and oxygen atoms in total. The van der Waals surface area contributed by atoms with Crippen molar-refractivity contribution >= 4 is 43.2 Å². The van der Waals surface area contributed by atoms with Crippen molar-refractivity contribution in [2.24, 2.45) is 11.0 Å². The van der Waals surface area contributed by atoms with E-state index in [0.29, 0.717) is 35.5 Å².